The lowest BCUT2D eigenvalue weighted by Crippen LogP contribution is -2.38. The van der Waals surface area contributed by atoms with Gasteiger partial charge in [0.2, 0.25) is 0 Å². The molecule has 0 radical (unpaired) electrons. The summed E-state index contributed by atoms with van der Waals surface area (Å²) in [5.41, 5.74) is 0. The van der Waals surface area contributed by atoms with E-state index in [9.17, 15) is 5.11 Å². The second-order valence-corrected chi connectivity index (χ2v) is 6.16. The van der Waals surface area contributed by atoms with Crippen LogP contribution in [0.4, 0.5) is 0 Å². The van der Waals surface area contributed by atoms with Crippen molar-refractivity contribution in [3.05, 3.63) is 0 Å². The largest absolute Gasteiger partial charge is 0.395 e. The van der Waals surface area contributed by atoms with Crippen molar-refractivity contribution in [1.82, 2.24) is 10.2 Å². The Kier molecular flexibility index (Phi) is 5.93. The molecule has 1 saturated heterocycles. The molecule has 0 amide bonds. The van der Waals surface area contributed by atoms with Crippen LogP contribution in [-0.4, -0.2) is 48.3 Å². The first-order chi connectivity index (χ1) is 8.81. The summed E-state index contributed by atoms with van der Waals surface area (Å²) in [5.74, 6) is 0.952. The van der Waals surface area contributed by atoms with Crippen LogP contribution in [0, 0.1) is 5.92 Å². The van der Waals surface area contributed by atoms with E-state index >= 15 is 0 Å². The van der Waals surface area contributed by atoms with E-state index in [0.717, 1.165) is 18.9 Å². The highest BCUT2D eigenvalue weighted by molar-refractivity contribution is 4.85. The van der Waals surface area contributed by atoms with Crippen molar-refractivity contribution in [1.29, 1.82) is 0 Å². The monoisotopic (exact) mass is 254 g/mol. The molecular formula is C15H30N2O. The van der Waals surface area contributed by atoms with Gasteiger partial charge < -0.3 is 15.3 Å². The highest BCUT2D eigenvalue weighted by Crippen LogP contribution is 2.21. The highest BCUT2D eigenvalue weighted by Gasteiger charge is 2.24. The molecule has 2 N–H and O–H groups in total. The Balaban J connectivity index is 1.64. The maximum Gasteiger partial charge on any atom is 0.0585 e. The third kappa shape index (κ3) is 4.87. The predicted molar refractivity (Wildman–Crippen MR) is 75.7 cm³/mol. The van der Waals surface area contributed by atoms with Gasteiger partial charge in [0.15, 0.2) is 0 Å². The van der Waals surface area contributed by atoms with Gasteiger partial charge in [-0.1, -0.05) is 13.3 Å². The molecule has 2 atom stereocenters. The average molecular weight is 254 g/mol. The van der Waals surface area contributed by atoms with Gasteiger partial charge in [-0.05, 0) is 64.1 Å². The molecule has 0 bridgehead atoms. The Morgan fingerprint density at radius 2 is 2.06 bits per heavy atom. The summed E-state index contributed by atoms with van der Waals surface area (Å²) in [4.78, 5) is 2.60. The number of nitrogens with zero attached hydrogens (tertiary/aromatic N) is 1. The van der Waals surface area contributed by atoms with Crippen LogP contribution in [0.3, 0.4) is 0 Å². The van der Waals surface area contributed by atoms with Gasteiger partial charge in [-0.25, -0.2) is 0 Å². The summed E-state index contributed by atoms with van der Waals surface area (Å²) in [6.07, 6.45) is 9.20. The fourth-order valence-electron chi connectivity index (χ4n) is 3.01. The Bertz CT molecular complexity index is 231. The zero-order valence-corrected chi connectivity index (χ0v) is 11.9. The van der Waals surface area contributed by atoms with Crippen LogP contribution in [0.25, 0.3) is 0 Å². The van der Waals surface area contributed by atoms with E-state index in [4.69, 9.17) is 0 Å². The molecule has 1 aliphatic heterocycles. The van der Waals surface area contributed by atoms with E-state index < -0.39 is 0 Å². The Morgan fingerprint density at radius 1 is 1.22 bits per heavy atom. The molecule has 2 fully saturated rings. The van der Waals surface area contributed by atoms with Gasteiger partial charge in [0.25, 0.3) is 0 Å². The SMILES string of the molecule is CCC1CCCN(CCC(CO)NC2CC2)CC1. The van der Waals surface area contributed by atoms with Crippen molar-refractivity contribution in [3.8, 4) is 0 Å². The maximum atomic E-state index is 9.39. The topological polar surface area (TPSA) is 35.5 Å². The van der Waals surface area contributed by atoms with Crippen LogP contribution in [0.15, 0.2) is 0 Å². The molecule has 2 unspecified atom stereocenters. The molecule has 2 aliphatic rings. The maximum absolute atomic E-state index is 9.39. The molecule has 0 aromatic heterocycles. The van der Waals surface area contributed by atoms with E-state index in [2.05, 4.69) is 17.1 Å². The highest BCUT2D eigenvalue weighted by atomic mass is 16.3. The molecule has 0 aromatic carbocycles. The molecule has 3 heteroatoms. The van der Waals surface area contributed by atoms with Crippen molar-refractivity contribution in [2.24, 2.45) is 5.92 Å². The second kappa shape index (κ2) is 7.46. The summed E-state index contributed by atoms with van der Waals surface area (Å²) >= 11 is 0. The zero-order chi connectivity index (χ0) is 12.8. The molecular weight excluding hydrogens is 224 g/mol. The van der Waals surface area contributed by atoms with Crippen LogP contribution in [0.2, 0.25) is 0 Å². The van der Waals surface area contributed by atoms with Gasteiger partial charge in [0.05, 0.1) is 6.61 Å². The van der Waals surface area contributed by atoms with Gasteiger partial charge in [0, 0.05) is 12.1 Å². The Labute approximate surface area is 112 Å². The third-order valence-corrected chi connectivity index (χ3v) is 4.58. The molecule has 1 aliphatic carbocycles. The van der Waals surface area contributed by atoms with Crippen LogP contribution in [0.1, 0.15) is 51.9 Å². The second-order valence-electron chi connectivity index (χ2n) is 6.16. The molecule has 18 heavy (non-hydrogen) atoms. The minimum absolute atomic E-state index is 0.294. The number of aliphatic hydroxyl groups excluding tert-OH is 1. The van der Waals surface area contributed by atoms with Crippen molar-refractivity contribution in [2.75, 3.05) is 26.2 Å². The first-order valence-corrected chi connectivity index (χ1v) is 7.91. The lowest BCUT2D eigenvalue weighted by Gasteiger charge is -2.23. The van der Waals surface area contributed by atoms with E-state index in [1.807, 2.05) is 0 Å². The van der Waals surface area contributed by atoms with Crippen molar-refractivity contribution >= 4 is 0 Å². The molecule has 3 nitrogen and oxygen atoms in total. The van der Waals surface area contributed by atoms with Crippen LogP contribution >= 0.6 is 0 Å². The summed E-state index contributed by atoms with van der Waals surface area (Å²) in [6, 6.07) is 1.03. The number of rotatable bonds is 7. The van der Waals surface area contributed by atoms with Gasteiger partial charge in [-0.15, -0.1) is 0 Å². The summed E-state index contributed by atoms with van der Waals surface area (Å²) in [7, 11) is 0. The Hall–Kier alpha value is -0.120. The molecule has 0 aromatic rings. The Morgan fingerprint density at radius 3 is 2.72 bits per heavy atom. The smallest absolute Gasteiger partial charge is 0.0585 e. The van der Waals surface area contributed by atoms with E-state index in [0.29, 0.717) is 18.7 Å². The average Bonchev–Trinajstić information content (AvgIpc) is 3.21. The molecule has 2 rings (SSSR count). The zero-order valence-electron chi connectivity index (χ0n) is 11.9. The van der Waals surface area contributed by atoms with Crippen molar-refractivity contribution in [2.45, 2.75) is 64.0 Å². The summed E-state index contributed by atoms with van der Waals surface area (Å²) < 4.78 is 0. The molecule has 0 spiro atoms. The summed E-state index contributed by atoms with van der Waals surface area (Å²) in [6.45, 7) is 6.29. The van der Waals surface area contributed by atoms with Crippen LogP contribution in [-0.2, 0) is 0 Å². The number of aliphatic hydroxyl groups is 1. The van der Waals surface area contributed by atoms with Crippen LogP contribution in [0.5, 0.6) is 0 Å². The van der Waals surface area contributed by atoms with Gasteiger partial charge >= 0.3 is 0 Å². The fourth-order valence-corrected chi connectivity index (χ4v) is 3.01. The normalized spacial score (nSPS) is 28.0. The molecule has 1 saturated carbocycles. The lowest BCUT2D eigenvalue weighted by atomic mass is 9.98. The predicted octanol–water partition coefficient (Wildman–Crippen LogP) is 2.00. The van der Waals surface area contributed by atoms with Gasteiger partial charge in [-0.2, -0.15) is 0 Å². The minimum Gasteiger partial charge on any atom is -0.395 e. The van der Waals surface area contributed by atoms with Crippen molar-refractivity contribution in [3.63, 3.8) is 0 Å². The van der Waals surface area contributed by atoms with Gasteiger partial charge in [-0.3, -0.25) is 0 Å². The first-order valence-electron chi connectivity index (χ1n) is 7.91. The van der Waals surface area contributed by atoms with E-state index in [1.54, 1.807) is 0 Å². The minimum atomic E-state index is 0.294. The number of hydrogen-bond acceptors (Lipinski definition) is 3. The number of likely N-dealkylation sites (tertiary alicyclic amines) is 1. The molecule has 1 heterocycles. The van der Waals surface area contributed by atoms with E-state index in [-0.39, 0.29) is 0 Å². The van der Waals surface area contributed by atoms with Crippen LogP contribution < -0.4 is 5.32 Å². The molecule has 106 valence electrons. The number of nitrogens with one attached hydrogen (secondary N) is 1. The van der Waals surface area contributed by atoms with Gasteiger partial charge in [0.1, 0.15) is 0 Å². The van der Waals surface area contributed by atoms with Crippen molar-refractivity contribution < 1.29 is 5.11 Å². The number of hydrogen-bond donors (Lipinski definition) is 2. The first kappa shape index (κ1) is 14.3. The summed E-state index contributed by atoms with van der Waals surface area (Å²) in [5, 5.41) is 12.9. The quantitative estimate of drug-likeness (QED) is 0.729. The fraction of sp³-hybridized carbons (Fsp3) is 1.00. The standard InChI is InChI=1S/C15H30N2O/c1-2-13-4-3-9-17(10-7-13)11-8-15(12-18)16-14-5-6-14/h13-16,18H,2-12H2,1H3. The third-order valence-electron chi connectivity index (χ3n) is 4.58. The van der Waals surface area contributed by atoms with E-state index in [1.165, 1.54) is 51.6 Å². The lowest BCUT2D eigenvalue weighted by molar-refractivity contribution is 0.205.